The lowest BCUT2D eigenvalue weighted by molar-refractivity contribution is 0.268. The molecule has 3 aromatic heterocycles. The molecule has 31 heavy (non-hydrogen) atoms. The minimum atomic E-state index is 0.150. The third-order valence-electron chi connectivity index (χ3n) is 6.32. The molecule has 0 aliphatic rings. The van der Waals surface area contributed by atoms with E-state index in [4.69, 9.17) is 4.42 Å². The quantitative estimate of drug-likeness (QED) is 0.269. The molecule has 4 heteroatoms. The monoisotopic (exact) mass is 432 g/mol. The number of thiophene rings is 1. The van der Waals surface area contributed by atoms with Crippen molar-refractivity contribution < 1.29 is 4.42 Å². The molecule has 0 saturated carbocycles. The molecular weight excluding hydrogens is 400 g/mol. The zero-order chi connectivity index (χ0) is 21.9. The molecule has 0 bridgehead atoms. The molecule has 0 spiro atoms. The highest BCUT2D eigenvalue weighted by atomic mass is 32.1. The number of nitrogens with zero attached hydrogens (tertiary/aromatic N) is 2. The van der Waals surface area contributed by atoms with Crippen molar-refractivity contribution >= 4 is 11.3 Å². The lowest BCUT2D eigenvalue weighted by Gasteiger charge is -2.31. The van der Waals surface area contributed by atoms with Crippen LogP contribution < -0.4 is 0 Å². The molecule has 0 radical (unpaired) electrons. The van der Waals surface area contributed by atoms with Gasteiger partial charge in [-0.05, 0) is 83.4 Å². The summed E-state index contributed by atoms with van der Waals surface area (Å²) >= 11 is 1.77. The van der Waals surface area contributed by atoms with Crippen molar-refractivity contribution in [1.82, 2.24) is 9.78 Å². The van der Waals surface area contributed by atoms with Crippen molar-refractivity contribution in [3.8, 4) is 16.3 Å². The summed E-state index contributed by atoms with van der Waals surface area (Å²) in [6, 6.07) is 16.6. The van der Waals surface area contributed by atoms with Gasteiger partial charge in [-0.3, -0.25) is 0 Å². The van der Waals surface area contributed by atoms with Gasteiger partial charge in [0, 0.05) is 6.20 Å². The van der Waals surface area contributed by atoms with Gasteiger partial charge in [-0.15, -0.1) is 11.3 Å². The normalized spacial score (nSPS) is 12.4. The van der Waals surface area contributed by atoms with Gasteiger partial charge in [-0.2, -0.15) is 5.10 Å². The second-order valence-electron chi connectivity index (χ2n) is 9.85. The Labute approximate surface area is 189 Å². The van der Waals surface area contributed by atoms with Gasteiger partial charge in [-0.25, -0.2) is 4.68 Å². The first-order valence-corrected chi connectivity index (χ1v) is 11.9. The van der Waals surface area contributed by atoms with Gasteiger partial charge >= 0.3 is 0 Å². The van der Waals surface area contributed by atoms with E-state index in [1.54, 1.807) is 17.6 Å². The van der Waals surface area contributed by atoms with Crippen LogP contribution >= 0.6 is 11.3 Å². The van der Waals surface area contributed by atoms with Crippen LogP contribution in [0.4, 0.5) is 0 Å². The van der Waals surface area contributed by atoms with E-state index in [9.17, 15) is 0 Å². The van der Waals surface area contributed by atoms with Crippen molar-refractivity contribution in [2.75, 3.05) is 0 Å². The zero-order valence-corrected chi connectivity index (χ0v) is 19.8. The Morgan fingerprint density at radius 1 is 0.968 bits per heavy atom. The van der Waals surface area contributed by atoms with E-state index in [1.807, 2.05) is 41.2 Å². The van der Waals surface area contributed by atoms with Crippen LogP contribution in [0.2, 0.25) is 0 Å². The highest BCUT2D eigenvalue weighted by molar-refractivity contribution is 7.13. The summed E-state index contributed by atoms with van der Waals surface area (Å²) in [5.74, 6) is 0.962. The minimum Gasteiger partial charge on any atom is -0.464 e. The third-order valence-corrected chi connectivity index (χ3v) is 7.26. The topological polar surface area (TPSA) is 31.0 Å². The fourth-order valence-corrected chi connectivity index (χ4v) is 4.92. The van der Waals surface area contributed by atoms with Crippen LogP contribution in [0.15, 0.2) is 77.0 Å². The molecule has 4 aromatic rings. The molecule has 0 amide bonds. The minimum absolute atomic E-state index is 0.150. The van der Waals surface area contributed by atoms with E-state index in [0.29, 0.717) is 0 Å². The summed E-state index contributed by atoms with van der Waals surface area (Å²) < 4.78 is 7.54. The summed E-state index contributed by atoms with van der Waals surface area (Å²) in [7, 11) is 0. The number of aromatic nitrogens is 2. The molecule has 0 aliphatic carbocycles. The standard InChI is InChI=1S/C27H32N2OS/c1-26(2,13-12-21-18-28-29(19-21)23-9-6-5-7-10-23)14-15-27(3,4)22-17-25(31-20-22)24-11-8-16-30-24/h5-11,16-20H,12-15H2,1-4H3. The number of hydrogen-bond donors (Lipinski definition) is 0. The number of para-hydroxylation sites is 1. The van der Waals surface area contributed by atoms with Gasteiger partial charge in [0.2, 0.25) is 0 Å². The van der Waals surface area contributed by atoms with Crippen molar-refractivity contribution in [1.29, 1.82) is 0 Å². The van der Waals surface area contributed by atoms with Gasteiger partial charge in [-0.1, -0.05) is 45.9 Å². The Morgan fingerprint density at radius 2 is 1.77 bits per heavy atom. The Bertz CT molecular complexity index is 1090. The van der Waals surface area contributed by atoms with Crippen LogP contribution in [0.5, 0.6) is 0 Å². The van der Waals surface area contributed by atoms with Crippen LogP contribution in [-0.2, 0) is 11.8 Å². The maximum Gasteiger partial charge on any atom is 0.143 e. The van der Waals surface area contributed by atoms with E-state index in [0.717, 1.165) is 30.7 Å². The zero-order valence-electron chi connectivity index (χ0n) is 19.0. The lowest BCUT2D eigenvalue weighted by atomic mass is 9.74. The number of hydrogen-bond acceptors (Lipinski definition) is 3. The van der Waals surface area contributed by atoms with Gasteiger partial charge in [0.1, 0.15) is 5.76 Å². The largest absolute Gasteiger partial charge is 0.464 e. The van der Waals surface area contributed by atoms with Gasteiger partial charge in [0.15, 0.2) is 0 Å². The summed E-state index contributed by atoms with van der Waals surface area (Å²) in [4.78, 5) is 1.21. The van der Waals surface area contributed by atoms with Crippen LogP contribution in [0.3, 0.4) is 0 Å². The predicted octanol–water partition coefficient (Wildman–Crippen LogP) is 7.91. The molecule has 1 aromatic carbocycles. The molecule has 0 atom stereocenters. The van der Waals surface area contributed by atoms with Crippen molar-refractivity contribution in [2.45, 2.75) is 58.8 Å². The molecule has 3 nitrogen and oxygen atoms in total. The average molecular weight is 433 g/mol. The van der Waals surface area contributed by atoms with Crippen molar-refractivity contribution in [3.63, 3.8) is 0 Å². The maximum atomic E-state index is 5.57. The van der Waals surface area contributed by atoms with Crippen LogP contribution in [-0.4, -0.2) is 9.78 Å². The van der Waals surface area contributed by atoms with Crippen LogP contribution in [0.25, 0.3) is 16.3 Å². The smallest absolute Gasteiger partial charge is 0.143 e. The highest BCUT2D eigenvalue weighted by Crippen LogP contribution is 2.39. The molecule has 0 saturated heterocycles. The summed E-state index contributed by atoms with van der Waals surface area (Å²) in [5, 5.41) is 6.84. The lowest BCUT2D eigenvalue weighted by Crippen LogP contribution is -2.21. The number of rotatable bonds is 9. The second-order valence-corrected chi connectivity index (χ2v) is 10.8. The van der Waals surface area contributed by atoms with Crippen LogP contribution in [0, 0.1) is 5.41 Å². The Hall–Kier alpha value is -2.59. The number of benzene rings is 1. The molecule has 162 valence electrons. The Morgan fingerprint density at radius 3 is 2.52 bits per heavy atom. The predicted molar refractivity (Wildman–Crippen MR) is 130 cm³/mol. The molecule has 3 heterocycles. The first-order valence-electron chi connectivity index (χ1n) is 11.0. The molecular formula is C27H32N2OS. The number of aryl methyl sites for hydroxylation is 1. The molecule has 0 N–H and O–H groups in total. The second kappa shape index (κ2) is 8.88. The Kier molecular flexibility index (Phi) is 6.19. The molecule has 0 aliphatic heterocycles. The summed E-state index contributed by atoms with van der Waals surface area (Å²) in [5.41, 5.74) is 4.25. The first-order chi connectivity index (χ1) is 14.8. The van der Waals surface area contributed by atoms with Crippen molar-refractivity contribution in [3.05, 3.63) is 83.7 Å². The van der Waals surface area contributed by atoms with Gasteiger partial charge in [0.25, 0.3) is 0 Å². The van der Waals surface area contributed by atoms with E-state index >= 15 is 0 Å². The highest BCUT2D eigenvalue weighted by Gasteiger charge is 2.27. The van der Waals surface area contributed by atoms with Gasteiger partial charge in [0.05, 0.1) is 23.0 Å². The first kappa shape index (κ1) is 21.6. The summed E-state index contributed by atoms with van der Waals surface area (Å²) in [6.45, 7) is 9.51. The molecule has 4 rings (SSSR count). The van der Waals surface area contributed by atoms with E-state index in [1.165, 1.54) is 22.4 Å². The van der Waals surface area contributed by atoms with E-state index in [-0.39, 0.29) is 10.8 Å². The van der Waals surface area contributed by atoms with Crippen LogP contribution in [0.1, 0.15) is 58.1 Å². The summed E-state index contributed by atoms with van der Waals surface area (Å²) in [6.07, 6.45) is 10.5. The maximum absolute atomic E-state index is 5.57. The number of furan rings is 1. The fraction of sp³-hybridized carbons (Fsp3) is 0.370. The third kappa shape index (κ3) is 5.37. The molecule has 0 unspecified atom stereocenters. The van der Waals surface area contributed by atoms with E-state index in [2.05, 4.69) is 62.6 Å². The Balaban J connectivity index is 1.33. The molecule has 0 fully saturated rings. The van der Waals surface area contributed by atoms with Crippen molar-refractivity contribution in [2.24, 2.45) is 5.41 Å². The van der Waals surface area contributed by atoms with Gasteiger partial charge < -0.3 is 4.42 Å². The fourth-order valence-electron chi connectivity index (χ4n) is 3.85. The van der Waals surface area contributed by atoms with E-state index < -0.39 is 0 Å². The average Bonchev–Trinajstić information content (AvgIpc) is 3.53. The SMILES string of the molecule is CC(C)(CCc1cnn(-c2ccccc2)c1)CCC(C)(C)c1csc(-c2ccco2)c1.